The average Bonchev–Trinajstić information content (AvgIpc) is 2.45. The van der Waals surface area contributed by atoms with Crippen molar-refractivity contribution < 1.29 is 18.6 Å². The minimum atomic E-state index is -0.769. The maximum absolute atomic E-state index is 13.8. The number of nitriles is 1. The monoisotopic (exact) mass is 289 g/mol. The third kappa shape index (κ3) is 3.77. The van der Waals surface area contributed by atoms with Gasteiger partial charge in [-0.15, -0.1) is 0 Å². The van der Waals surface area contributed by atoms with Crippen molar-refractivity contribution in [3.63, 3.8) is 0 Å². The van der Waals surface area contributed by atoms with Crippen molar-refractivity contribution in [1.82, 2.24) is 0 Å². The molecule has 0 unspecified atom stereocenters. The van der Waals surface area contributed by atoms with Crippen LogP contribution in [0.15, 0.2) is 36.4 Å². The van der Waals surface area contributed by atoms with E-state index in [-0.39, 0.29) is 17.9 Å². The molecular weight excluding hydrogens is 276 g/mol. The molecule has 0 aliphatic rings. The summed E-state index contributed by atoms with van der Waals surface area (Å²) in [5.41, 5.74) is 1.06. The number of rotatable bonds is 4. The van der Waals surface area contributed by atoms with Gasteiger partial charge in [0.15, 0.2) is 11.6 Å². The molecule has 0 aliphatic carbocycles. The molecule has 0 saturated heterocycles. The van der Waals surface area contributed by atoms with Crippen molar-refractivity contribution in [2.24, 2.45) is 0 Å². The van der Waals surface area contributed by atoms with Gasteiger partial charge in [0, 0.05) is 0 Å². The van der Waals surface area contributed by atoms with Crippen molar-refractivity contribution in [1.29, 1.82) is 5.26 Å². The van der Waals surface area contributed by atoms with Gasteiger partial charge >= 0.3 is 0 Å². The molecule has 0 spiro atoms. The zero-order valence-electron chi connectivity index (χ0n) is 11.3. The molecule has 1 N–H and O–H groups in total. The van der Waals surface area contributed by atoms with E-state index in [9.17, 15) is 13.9 Å². The molecule has 0 saturated carbocycles. The molecule has 108 valence electrons. The molecule has 0 radical (unpaired) electrons. The summed E-state index contributed by atoms with van der Waals surface area (Å²) in [7, 11) is 0. The summed E-state index contributed by atoms with van der Waals surface area (Å²) in [4.78, 5) is 0. The van der Waals surface area contributed by atoms with Crippen LogP contribution in [0.1, 0.15) is 29.7 Å². The fraction of sp³-hybridized carbons (Fsp3) is 0.188. The van der Waals surface area contributed by atoms with Crippen molar-refractivity contribution in [2.45, 2.75) is 19.6 Å². The lowest BCUT2D eigenvalue weighted by Gasteiger charge is -2.10. The normalized spacial score (nSPS) is 11.8. The van der Waals surface area contributed by atoms with Crippen molar-refractivity contribution in [3.8, 4) is 11.8 Å². The number of ether oxygens (including phenoxy) is 1. The van der Waals surface area contributed by atoms with E-state index in [0.29, 0.717) is 11.1 Å². The zero-order chi connectivity index (χ0) is 15.4. The highest BCUT2D eigenvalue weighted by Crippen LogP contribution is 2.23. The van der Waals surface area contributed by atoms with Crippen LogP contribution in [-0.2, 0) is 6.61 Å². The Balaban J connectivity index is 2.13. The molecule has 2 aromatic rings. The van der Waals surface area contributed by atoms with Crippen molar-refractivity contribution in [2.75, 3.05) is 0 Å². The summed E-state index contributed by atoms with van der Waals surface area (Å²) in [6, 6.07) is 9.80. The van der Waals surface area contributed by atoms with Crippen LogP contribution < -0.4 is 4.74 Å². The van der Waals surface area contributed by atoms with Crippen LogP contribution in [0.3, 0.4) is 0 Å². The minimum absolute atomic E-state index is 0.00201. The summed E-state index contributed by atoms with van der Waals surface area (Å²) in [6.45, 7) is 1.48. The van der Waals surface area contributed by atoms with Crippen LogP contribution in [0.2, 0.25) is 0 Å². The molecule has 0 aliphatic heterocycles. The maximum atomic E-state index is 13.8. The van der Waals surface area contributed by atoms with Crippen LogP contribution in [0, 0.1) is 23.0 Å². The predicted octanol–water partition coefficient (Wildman–Crippen LogP) is 3.47. The van der Waals surface area contributed by atoms with E-state index in [1.54, 1.807) is 6.07 Å². The molecule has 21 heavy (non-hydrogen) atoms. The fourth-order valence-corrected chi connectivity index (χ4v) is 1.85. The SMILES string of the molecule is C[C@H](O)c1ccc(OCc2cc(F)cc(C#N)c2)c(F)c1. The molecule has 5 heteroatoms. The van der Waals surface area contributed by atoms with Gasteiger partial charge in [-0.3, -0.25) is 0 Å². The van der Waals surface area contributed by atoms with E-state index < -0.39 is 17.7 Å². The summed E-state index contributed by atoms with van der Waals surface area (Å²) >= 11 is 0. The Morgan fingerprint density at radius 2 is 2.00 bits per heavy atom. The van der Waals surface area contributed by atoms with Crippen LogP contribution in [0.25, 0.3) is 0 Å². The second-order valence-electron chi connectivity index (χ2n) is 4.61. The quantitative estimate of drug-likeness (QED) is 0.937. The Bertz CT molecular complexity index is 693. The summed E-state index contributed by atoms with van der Waals surface area (Å²) in [5.74, 6) is -1.15. The zero-order valence-corrected chi connectivity index (χ0v) is 11.3. The van der Waals surface area contributed by atoms with Gasteiger partial charge in [0.05, 0.1) is 17.7 Å². The van der Waals surface area contributed by atoms with E-state index in [1.807, 2.05) is 6.07 Å². The summed E-state index contributed by atoms with van der Waals surface area (Å²) in [5, 5.41) is 18.1. The first-order valence-corrected chi connectivity index (χ1v) is 6.29. The molecule has 2 aromatic carbocycles. The lowest BCUT2D eigenvalue weighted by Crippen LogP contribution is -2.00. The Morgan fingerprint density at radius 1 is 1.24 bits per heavy atom. The van der Waals surface area contributed by atoms with Crippen molar-refractivity contribution in [3.05, 3.63) is 64.7 Å². The third-order valence-electron chi connectivity index (χ3n) is 2.92. The highest BCUT2D eigenvalue weighted by Gasteiger charge is 2.09. The van der Waals surface area contributed by atoms with E-state index >= 15 is 0 Å². The summed E-state index contributed by atoms with van der Waals surface area (Å²) in [6.07, 6.45) is -0.769. The lowest BCUT2D eigenvalue weighted by molar-refractivity contribution is 0.198. The highest BCUT2D eigenvalue weighted by atomic mass is 19.1. The minimum Gasteiger partial charge on any atom is -0.486 e. The van der Waals surface area contributed by atoms with Gasteiger partial charge in [0.25, 0.3) is 0 Å². The molecule has 0 amide bonds. The fourth-order valence-electron chi connectivity index (χ4n) is 1.85. The Hall–Kier alpha value is -2.45. The van der Waals surface area contributed by atoms with Gasteiger partial charge in [-0.2, -0.15) is 5.26 Å². The molecular formula is C16H13F2NO2. The Morgan fingerprint density at radius 3 is 2.62 bits per heavy atom. The second kappa shape index (κ2) is 6.33. The average molecular weight is 289 g/mol. The Labute approximate surface area is 121 Å². The second-order valence-corrected chi connectivity index (χ2v) is 4.61. The molecule has 3 nitrogen and oxygen atoms in total. The molecule has 0 aromatic heterocycles. The predicted molar refractivity (Wildman–Crippen MR) is 72.5 cm³/mol. The summed E-state index contributed by atoms with van der Waals surface area (Å²) < 4.78 is 32.3. The van der Waals surface area contributed by atoms with Crippen LogP contribution in [0.5, 0.6) is 5.75 Å². The lowest BCUT2D eigenvalue weighted by atomic mass is 10.1. The van der Waals surface area contributed by atoms with Crippen LogP contribution in [-0.4, -0.2) is 5.11 Å². The molecule has 0 bridgehead atoms. The molecule has 0 heterocycles. The third-order valence-corrected chi connectivity index (χ3v) is 2.92. The first-order valence-electron chi connectivity index (χ1n) is 6.29. The number of hydrogen-bond acceptors (Lipinski definition) is 3. The van der Waals surface area contributed by atoms with Gasteiger partial charge in [-0.05, 0) is 48.4 Å². The van der Waals surface area contributed by atoms with Gasteiger partial charge in [0.1, 0.15) is 12.4 Å². The van der Waals surface area contributed by atoms with Crippen LogP contribution in [0.4, 0.5) is 8.78 Å². The topological polar surface area (TPSA) is 53.2 Å². The van der Waals surface area contributed by atoms with Gasteiger partial charge in [-0.25, -0.2) is 8.78 Å². The van der Waals surface area contributed by atoms with E-state index in [1.165, 1.54) is 31.2 Å². The van der Waals surface area contributed by atoms with Gasteiger partial charge < -0.3 is 9.84 Å². The number of halogens is 2. The standard InChI is InChI=1S/C16H13F2NO2/c1-10(20)13-2-3-16(15(18)7-13)21-9-12-4-11(8-19)5-14(17)6-12/h2-7,10,20H,9H2,1H3/t10-/m0/s1. The van der Waals surface area contributed by atoms with Gasteiger partial charge in [0.2, 0.25) is 0 Å². The van der Waals surface area contributed by atoms with E-state index in [0.717, 1.165) is 6.07 Å². The van der Waals surface area contributed by atoms with E-state index in [2.05, 4.69) is 0 Å². The first-order chi connectivity index (χ1) is 9.99. The number of nitrogens with zero attached hydrogens (tertiary/aromatic N) is 1. The number of hydrogen-bond donors (Lipinski definition) is 1. The Kier molecular flexibility index (Phi) is 4.51. The largest absolute Gasteiger partial charge is 0.486 e. The first kappa shape index (κ1) is 14.9. The molecule has 0 fully saturated rings. The van der Waals surface area contributed by atoms with Crippen molar-refractivity contribution >= 4 is 0 Å². The smallest absolute Gasteiger partial charge is 0.165 e. The highest BCUT2D eigenvalue weighted by molar-refractivity contribution is 5.34. The van der Waals surface area contributed by atoms with Gasteiger partial charge in [-0.1, -0.05) is 6.07 Å². The maximum Gasteiger partial charge on any atom is 0.165 e. The van der Waals surface area contributed by atoms with Crippen LogP contribution >= 0.6 is 0 Å². The van der Waals surface area contributed by atoms with E-state index in [4.69, 9.17) is 10.00 Å². The number of aliphatic hydroxyl groups excluding tert-OH is 1. The molecule has 2 rings (SSSR count). The number of benzene rings is 2. The number of aliphatic hydroxyl groups is 1. The molecule has 1 atom stereocenters.